The van der Waals surface area contributed by atoms with Crippen LogP contribution in [0.5, 0.6) is 0 Å². The Kier molecular flexibility index (Phi) is 5.32. The summed E-state index contributed by atoms with van der Waals surface area (Å²) in [5.74, 6) is 0.428. The molecule has 0 fully saturated rings. The Morgan fingerprint density at radius 1 is 1.25 bits per heavy atom. The molecule has 0 aliphatic heterocycles. The molecule has 0 spiro atoms. The average Bonchev–Trinajstić information content (AvgIpc) is 2.88. The summed E-state index contributed by atoms with van der Waals surface area (Å²) in [5, 5.41) is 7.94. The summed E-state index contributed by atoms with van der Waals surface area (Å²) >= 11 is 0. The van der Waals surface area contributed by atoms with E-state index in [4.69, 9.17) is 4.74 Å². The fourth-order valence-corrected chi connectivity index (χ4v) is 2.32. The van der Waals surface area contributed by atoms with Gasteiger partial charge in [0.05, 0.1) is 24.2 Å². The molecule has 0 aliphatic carbocycles. The Balaban J connectivity index is 2.20. The zero-order chi connectivity index (χ0) is 14.4. The molecule has 2 aromatic rings. The van der Waals surface area contributed by atoms with Gasteiger partial charge in [0.1, 0.15) is 0 Å². The number of para-hydroxylation sites is 1. The van der Waals surface area contributed by atoms with Crippen LogP contribution in [0.4, 0.5) is 0 Å². The van der Waals surface area contributed by atoms with Crippen molar-refractivity contribution in [2.75, 3.05) is 20.3 Å². The molecule has 108 valence electrons. The summed E-state index contributed by atoms with van der Waals surface area (Å²) in [6, 6.07) is 10.3. The van der Waals surface area contributed by atoms with Gasteiger partial charge in [-0.05, 0) is 18.1 Å². The van der Waals surface area contributed by atoms with E-state index in [1.165, 1.54) is 11.3 Å². The van der Waals surface area contributed by atoms with Crippen LogP contribution in [0.15, 0.2) is 36.5 Å². The van der Waals surface area contributed by atoms with E-state index in [-0.39, 0.29) is 0 Å². The van der Waals surface area contributed by atoms with E-state index < -0.39 is 0 Å². The zero-order valence-corrected chi connectivity index (χ0v) is 12.5. The van der Waals surface area contributed by atoms with Crippen LogP contribution in [0.3, 0.4) is 0 Å². The molecule has 0 aliphatic rings. The third kappa shape index (κ3) is 3.46. The van der Waals surface area contributed by atoms with Crippen LogP contribution in [0, 0.1) is 0 Å². The maximum atomic E-state index is 5.05. The van der Waals surface area contributed by atoms with Crippen LogP contribution in [0.1, 0.15) is 31.0 Å². The van der Waals surface area contributed by atoms with Crippen LogP contribution in [0.25, 0.3) is 5.69 Å². The molecule has 0 unspecified atom stereocenters. The number of nitrogens with zero attached hydrogens (tertiary/aromatic N) is 2. The summed E-state index contributed by atoms with van der Waals surface area (Å²) < 4.78 is 7.09. The normalized spacial score (nSPS) is 11.2. The molecular weight excluding hydrogens is 250 g/mol. The molecule has 4 nitrogen and oxygen atoms in total. The van der Waals surface area contributed by atoms with Gasteiger partial charge in [-0.1, -0.05) is 32.0 Å². The lowest BCUT2D eigenvalue weighted by Crippen LogP contribution is -2.19. The van der Waals surface area contributed by atoms with Crippen LogP contribution in [0.2, 0.25) is 0 Å². The average molecular weight is 273 g/mol. The second-order valence-electron chi connectivity index (χ2n) is 5.13. The number of aromatic nitrogens is 2. The molecular formula is C16H23N3O. The molecule has 0 amide bonds. The number of ether oxygens (including phenoxy) is 1. The van der Waals surface area contributed by atoms with Gasteiger partial charge >= 0.3 is 0 Å². The summed E-state index contributed by atoms with van der Waals surface area (Å²) in [5.41, 5.74) is 3.63. The second kappa shape index (κ2) is 7.22. The Hall–Kier alpha value is -1.65. The van der Waals surface area contributed by atoms with E-state index in [0.29, 0.717) is 5.92 Å². The highest BCUT2D eigenvalue weighted by molar-refractivity contribution is 5.36. The van der Waals surface area contributed by atoms with Crippen molar-refractivity contribution in [3.05, 3.63) is 47.8 Å². The number of benzene rings is 1. The maximum absolute atomic E-state index is 5.05. The number of hydrogen-bond donors (Lipinski definition) is 1. The van der Waals surface area contributed by atoms with Crippen molar-refractivity contribution in [1.29, 1.82) is 0 Å². The number of hydrogen-bond acceptors (Lipinski definition) is 3. The topological polar surface area (TPSA) is 39.1 Å². The van der Waals surface area contributed by atoms with Crippen molar-refractivity contribution in [3.8, 4) is 5.69 Å². The van der Waals surface area contributed by atoms with Crippen molar-refractivity contribution in [3.63, 3.8) is 0 Å². The van der Waals surface area contributed by atoms with E-state index in [1.807, 2.05) is 29.1 Å². The molecule has 0 radical (unpaired) electrons. The lowest BCUT2D eigenvalue weighted by Gasteiger charge is -2.13. The fourth-order valence-electron chi connectivity index (χ4n) is 2.32. The maximum Gasteiger partial charge on any atom is 0.0649 e. The number of rotatable bonds is 7. The van der Waals surface area contributed by atoms with Crippen LogP contribution in [-0.2, 0) is 11.3 Å². The van der Waals surface area contributed by atoms with Crippen molar-refractivity contribution >= 4 is 0 Å². The van der Waals surface area contributed by atoms with Gasteiger partial charge in [0.25, 0.3) is 0 Å². The fraction of sp³-hybridized carbons (Fsp3) is 0.438. The van der Waals surface area contributed by atoms with Gasteiger partial charge in [0.15, 0.2) is 0 Å². The highest BCUT2D eigenvalue weighted by Gasteiger charge is 2.14. The first kappa shape index (κ1) is 14.8. The molecule has 0 saturated carbocycles. The Bertz CT molecular complexity index is 520. The van der Waals surface area contributed by atoms with Crippen molar-refractivity contribution in [1.82, 2.24) is 15.1 Å². The molecule has 0 bridgehead atoms. The van der Waals surface area contributed by atoms with Gasteiger partial charge in [-0.15, -0.1) is 0 Å². The van der Waals surface area contributed by atoms with Gasteiger partial charge < -0.3 is 10.1 Å². The number of nitrogens with one attached hydrogen (secondary N) is 1. The third-order valence-corrected chi connectivity index (χ3v) is 3.23. The Morgan fingerprint density at radius 3 is 2.65 bits per heavy atom. The minimum atomic E-state index is 0.428. The van der Waals surface area contributed by atoms with Gasteiger partial charge in [-0.2, -0.15) is 5.10 Å². The molecule has 0 saturated heterocycles. The molecule has 2 rings (SSSR count). The molecule has 4 heteroatoms. The van der Waals surface area contributed by atoms with Gasteiger partial charge in [0, 0.05) is 25.8 Å². The van der Waals surface area contributed by atoms with E-state index in [0.717, 1.165) is 25.4 Å². The van der Waals surface area contributed by atoms with Crippen molar-refractivity contribution < 1.29 is 4.74 Å². The first-order chi connectivity index (χ1) is 9.74. The summed E-state index contributed by atoms with van der Waals surface area (Å²) in [6.45, 7) is 6.81. The quantitative estimate of drug-likeness (QED) is 0.788. The molecule has 1 aromatic heterocycles. The first-order valence-corrected chi connectivity index (χ1v) is 7.06. The standard InChI is InChI=1S/C16H23N3O/c1-13(2)16-14(11-17-9-10-20-3)12-18-19(16)15-7-5-4-6-8-15/h4-8,12-13,17H,9-11H2,1-3H3. The van der Waals surface area contributed by atoms with Crippen LogP contribution >= 0.6 is 0 Å². The van der Waals surface area contributed by atoms with Gasteiger partial charge in [0.2, 0.25) is 0 Å². The molecule has 20 heavy (non-hydrogen) atoms. The Morgan fingerprint density at radius 2 is 2.00 bits per heavy atom. The summed E-state index contributed by atoms with van der Waals surface area (Å²) in [4.78, 5) is 0. The highest BCUT2D eigenvalue weighted by atomic mass is 16.5. The van der Waals surface area contributed by atoms with Crippen molar-refractivity contribution in [2.24, 2.45) is 0 Å². The summed E-state index contributed by atoms with van der Waals surface area (Å²) in [7, 11) is 1.72. The molecule has 1 N–H and O–H groups in total. The highest BCUT2D eigenvalue weighted by Crippen LogP contribution is 2.22. The van der Waals surface area contributed by atoms with Crippen LogP contribution < -0.4 is 5.32 Å². The Labute approximate surface area is 120 Å². The largest absolute Gasteiger partial charge is 0.383 e. The lowest BCUT2D eigenvalue weighted by molar-refractivity contribution is 0.199. The molecule has 1 heterocycles. The zero-order valence-electron chi connectivity index (χ0n) is 12.5. The second-order valence-corrected chi connectivity index (χ2v) is 5.13. The van der Waals surface area contributed by atoms with Gasteiger partial charge in [-0.25, -0.2) is 4.68 Å². The summed E-state index contributed by atoms with van der Waals surface area (Å²) in [6.07, 6.45) is 1.96. The predicted octanol–water partition coefficient (Wildman–Crippen LogP) is 2.73. The minimum Gasteiger partial charge on any atom is -0.383 e. The van der Waals surface area contributed by atoms with E-state index in [9.17, 15) is 0 Å². The predicted molar refractivity (Wildman–Crippen MR) is 81.2 cm³/mol. The molecule has 1 aromatic carbocycles. The SMILES string of the molecule is COCCNCc1cnn(-c2ccccc2)c1C(C)C. The minimum absolute atomic E-state index is 0.428. The van der Waals surface area contributed by atoms with Gasteiger partial charge in [-0.3, -0.25) is 0 Å². The number of methoxy groups -OCH3 is 1. The van der Waals surface area contributed by atoms with E-state index in [2.05, 4.69) is 36.4 Å². The van der Waals surface area contributed by atoms with Crippen LogP contribution in [-0.4, -0.2) is 30.0 Å². The lowest BCUT2D eigenvalue weighted by atomic mass is 10.1. The molecule has 0 atom stereocenters. The monoisotopic (exact) mass is 273 g/mol. The first-order valence-electron chi connectivity index (χ1n) is 7.06. The van der Waals surface area contributed by atoms with Crippen molar-refractivity contribution in [2.45, 2.75) is 26.3 Å². The smallest absolute Gasteiger partial charge is 0.0649 e. The third-order valence-electron chi connectivity index (χ3n) is 3.23. The van der Waals surface area contributed by atoms with E-state index in [1.54, 1.807) is 7.11 Å². The van der Waals surface area contributed by atoms with E-state index >= 15 is 0 Å².